The molecule has 0 bridgehead atoms. The summed E-state index contributed by atoms with van der Waals surface area (Å²) in [5, 5.41) is 17.2. The standard InChI is InChI=1S/C18H17N7O3/c1-10-5-11(3-4-19-10)17-13-9-20-15(7-14(13)23-24-17)22-18(26)21-8-12-6-16(27-2)25-28-12/h3-7,9H,8H2,1-2H3,(H,23,24)(H2,20,21,22,26). The summed E-state index contributed by atoms with van der Waals surface area (Å²) in [6, 6.07) is 6.73. The maximum atomic E-state index is 12.1. The molecule has 4 heterocycles. The molecular formula is C18H17N7O3. The predicted octanol–water partition coefficient (Wildman–Crippen LogP) is 2.65. The number of ether oxygens (including phenoxy) is 1. The fourth-order valence-corrected chi connectivity index (χ4v) is 2.70. The molecule has 3 N–H and O–H groups in total. The molecule has 0 saturated heterocycles. The number of aromatic amines is 1. The van der Waals surface area contributed by atoms with Crippen molar-refractivity contribution in [2.75, 3.05) is 12.4 Å². The van der Waals surface area contributed by atoms with Crippen molar-refractivity contribution in [3.8, 4) is 17.1 Å². The van der Waals surface area contributed by atoms with E-state index in [1.807, 2.05) is 19.1 Å². The van der Waals surface area contributed by atoms with Gasteiger partial charge in [-0.05, 0) is 24.2 Å². The Bertz CT molecular complexity index is 1140. The second-order valence-electron chi connectivity index (χ2n) is 6.02. The summed E-state index contributed by atoms with van der Waals surface area (Å²) in [6.07, 6.45) is 3.41. The molecule has 28 heavy (non-hydrogen) atoms. The van der Waals surface area contributed by atoms with Gasteiger partial charge in [0, 0.05) is 41.2 Å². The van der Waals surface area contributed by atoms with E-state index in [1.54, 1.807) is 24.5 Å². The molecule has 0 unspecified atom stereocenters. The van der Waals surface area contributed by atoms with Gasteiger partial charge in [-0.1, -0.05) is 0 Å². The van der Waals surface area contributed by atoms with Gasteiger partial charge >= 0.3 is 6.03 Å². The van der Waals surface area contributed by atoms with Crippen LogP contribution in [-0.2, 0) is 6.54 Å². The molecule has 0 atom stereocenters. The molecule has 4 aromatic heterocycles. The molecule has 4 rings (SSSR count). The van der Waals surface area contributed by atoms with Crippen LogP contribution in [0.4, 0.5) is 10.6 Å². The lowest BCUT2D eigenvalue weighted by atomic mass is 10.1. The minimum absolute atomic E-state index is 0.167. The topological polar surface area (TPSA) is 131 Å². The highest BCUT2D eigenvalue weighted by molar-refractivity contribution is 5.95. The van der Waals surface area contributed by atoms with E-state index in [2.05, 4.69) is 36.0 Å². The lowest BCUT2D eigenvalue weighted by molar-refractivity contribution is 0.249. The molecule has 0 aliphatic rings. The van der Waals surface area contributed by atoms with Gasteiger partial charge in [0.1, 0.15) is 11.5 Å². The molecule has 2 amide bonds. The zero-order valence-electron chi connectivity index (χ0n) is 15.2. The van der Waals surface area contributed by atoms with Crippen molar-refractivity contribution in [2.45, 2.75) is 13.5 Å². The Morgan fingerprint density at radius 2 is 2.18 bits per heavy atom. The summed E-state index contributed by atoms with van der Waals surface area (Å²) in [6.45, 7) is 2.09. The maximum absolute atomic E-state index is 12.1. The van der Waals surface area contributed by atoms with Crippen LogP contribution in [0.3, 0.4) is 0 Å². The number of H-pyrrole nitrogens is 1. The van der Waals surface area contributed by atoms with Crippen LogP contribution in [-0.4, -0.2) is 38.5 Å². The van der Waals surface area contributed by atoms with E-state index in [0.29, 0.717) is 17.5 Å². The van der Waals surface area contributed by atoms with Crippen molar-refractivity contribution in [1.82, 2.24) is 30.6 Å². The molecule has 142 valence electrons. The Kier molecular flexibility index (Phi) is 4.58. The summed E-state index contributed by atoms with van der Waals surface area (Å²) >= 11 is 0. The van der Waals surface area contributed by atoms with Gasteiger partial charge in [-0.2, -0.15) is 5.10 Å². The second-order valence-corrected chi connectivity index (χ2v) is 6.02. The molecule has 10 heteroatoms. The highest BCUT2D eigenvalue weighted by atomic mass is 16.5. The molecular weight excluding hydrogens is 362 g/mol. The Hall–Kier alpha value is -3.95. The predicted molar refractivity (Wildman–Crippen MR) is 101 cm³/mol. The van der Waals surface area contributed by atoms with Crippen LogP contribution >= 0.6 is 0 Å². The third-order valence-corrected chi connectivity index (χ3v) is 4.03. The number of hydrogen-bond donors (Lipinski definition) is 3. The van der Waals surface area contributed by atoms with Gasteiger partial charge in [-0.3, -0.25) is 15.4 Å². The minimum atomic E-state index is -0.424. The number of nitrogens with one attached hydrogen (secondary N) is 3. The first-order chi connectivity index (χ1) is 13.6. The first kappa shape index (κ1) is 17.5. The fourth-order valence-electron chi connectivity index (χ4n) is 2.70. The number of aromatic nitrogens is 5. The van der Waals surface area contributed by atoms with Crippen molar-refractivity contribution >= 4 is 22.8 Å². The Morgan fingerprint density at radius 1 is 1.29 bits per heavy atom. The van der Waals surface area contributed by atoms with Gasteiger partial charge in [0.15, 0.2) is 5.76 Å². The van der Waals surface area contributed by atoms with Gasteiger partial charge in [0.2, 0.25) is 0 Å². The van der Waals surface area contributed by atoms with Gasteiger partial charge < -0.3 is 14.6 Å². The van der Waals surface area contributed by atoms with E-state index >= 15 is 0 Å². The summed E-state index contributed by atoms with van der Waals surface area (Å²) < 4.78 is 9.94. The summed E-state index contributed by atoms with van der Waals surface area (Å²) in [5.41, 5.74) is 3.39. The number of fused-ring (bicyclic) bond motifs is 1. The largest absolute Gasteiger partial charge is 0.479 e. The molecule has 0 fully saturated rings. The normalized spacial score (nSPS) is 10.8. The van der Waals surface area contributed by atoms with E-state index in [0.717, 1.165) is 27.9 Å². The molecule has 0 radical (unpaired) electrons. The maximum Gasteiger partial charge on any atom is 0.320 e. The first-order valence-corrected chi connectivity index (χ1v) is 8.44. The second kappa shape index (κ2) is 7.35. The molecule has 4 aromatic rings. The van der Waals surface area contributed by atoms with Crippen molar-refractivity contribution in [1.29, 1.82) is 0 Å². The minimum Gasteiger partial charge on any atom is -0.479 e. The van der Waals surface area contributed by atoms with E-state index in [1.165, 1.54) is 7.11 Å². The number of hydrogen-bond acceptors (Lipinski definition) is 7. The van der Waals surface area contributed by atoms with E-state index < -0.39 is 6.03 Å². The number of methoxy groups -OCH3 is 1. The number of pyridine rings is 2. The first-order valence-electron chi connectivity index (χ1n) is 8.44. The van der Waals surface area contributed by atoms with Crippen LogP contribution in [0.25, 0.3) is 22.2 Å². The van der Waals surface area contributed by atoms with Gasteiger partial charge in [0.25, 0.3) is 5.88 Å². The highest BCUT2D eigenvalue weighted by Gasteiger charge is 2.12. The van der Waals surface area contributed by atoms with Crippen molar-refractivity contribution in [3.63, 3.8) is 0 Å². The molecule has 0 spiro atoms. The lowest BCUT2D eigenvalue weighted by Gasteiger charge is -2.05. The number of rotatable bonds is 5. The monoisotopic (exact) mass is 379 g/mol. The zero-order valence-corrected chi connectivity index (χ0v) is 15.2. The zero-order chi connectivity index (χ0) is 19.5. The highest BCUT2D eigenvalue weighted by Crippen LogP contribution is 2.26. The van der Waals surface area contributed by atoms with Crippen LogP contribution in [0.15, 0.2) is 41.2 Å². The Morgan fingerprint density at radius 3 is 2.96 bits per heavy atom. The van der Waals surface area contributed by atoms with Crippen LogP contribution < -0.4 is 15.4 Å². The van der Waals surface area contributed by atoms with Crippen LogP contribution in [0, 0.1) is 6.92 Å². The van der Waals surface area contributed by atoms with Crippen molar-refractivity contribution < 1.29 is 14.1 Å². The summed E-state index contributed by atoms with van der Waals surface area (Å²) in [7, 11) is 1.49. The summed E-state index contributed by atoms with van der Waals surface area (Å²) in [5.74, 6) is 1.21. The summed E-state index contributed by atoms with van der Waals surface area (Å²) in [4.78, 5) is 20.6. The number of amides is 2. The van der Waals surface area contributed by atoms with E-state index in [-0.39, 0.29) is 6.54 Å². The number of nitrogens with zero attached hydrogens (tertiary/aromatic N) is 4. The molecule has 10 nitrogen and oxygen atoms in total. The Balaban J connectivity index is 1.45. The number of anilines is 1. The number of carbonyl (C=O) groups excluding carboxylic acids is 1. The molecule has 0 aliphatic heterocycles. The van der Waals surface area contributed by atoms with Crippen molar-refractivity contribution in [2.24, 2.45) is 0 Å². The van der Waals surface area contributed by atoms with Crippen LogP contribution in [0.2, 0.25) is 0 Å². The van der Waals surface area contributed by atoms with Crippen molar-refractivity contribution in [3.05, 3.63) is 48.1 Å². The number of aryl methyl sites for hydroxylation is 1. The number of carbonyl (C=O) groups is 1. The quantitative estimate of drug-likeness (QED) is 0.486. The smallest absolute Gasteiger partial charge is 0.320 e. The van der Waals surface area contributed by atoms with Gasteiger partial charge in [-0.25, -0.2) is 9.78 Å². The van der Waals surface area contributed by atoms with Crippen LogP contribution in [0.5, 0.6) is 5.88 Å². The van der Waals surface area contributed by atoms with E-state index in [4.69, 9.17) is 9.26 Å². The SMILES string of the molecule is COc1cc(CNC(=O)Nc2cc3[nH]nc(-c4ccnc(C)c4)c3cn2)on1. The van der Waals surface area contributed by atoms with Gasteiger partial charge in [-0.15, -0.1) is 0 Å². The average molecular weight is 379 g/mol. The molecule has 0 saturated carbocycles. The molecule has 0 aromatic carbocycles. The Labute approximate surface area is 159 Å². The fraction of sp³-hybridized carbons (Fsp3) is 0.167. The van der Waals surface area contributed by atoms with E-state index in [9.17, 15) is 4.79 Å². The number of urea groups is 1. The third kappa shape index (κ3) is 3.61. The van der Waals surface area contributed by atoms with Gasteiger partial charge in [0.05, 0.1) is 19.2 Å². The van der Waals surface area contributed by atoms with Crippen LogP contribution in [0.1, 0.15) is 11.5 Å². The molecule has 0 aliphatic carbocycles. The third-order valence-electron chi connectivity index (χ3n) is 4.03. The average Bonchev–Trinajstić information content (AvgIpc) is 3.33. The lowest BCUT2D eigenvalue weighted by Crippen LogP contribution is -2.28.